The molecule has 3 rings (SSSR count). The molecular weight excluding hydrogens is 336 g/mol. The molecule has 2 aromatic rings. The van der Waals surface area contributed by atoms with Crippen molar-refractivity contribution in [2.75, 3.05) is 13.2 Å². The Morgan fingerprint density at radius 2 is 2.04 bits per heavy atom. The van der Waals surface area contributed by atoms with Crippen molar-refractivity contribution in [2.45, 2.75) is 46.1 Å². The van der Waals surface area contributed by atoms with Crippen LogP contribution in [0.2, 0.25) is 0 Å². The number of rotatable bonds is 6. The molecular formula is C18H26N4O4. The summed E-state index contributed by atoms with van der Waals surface area (Å²) in [4.78, 5) is 11.0. The van der Waals surface area contributed by atoms with Gasteiger partial charge in [0.2, 0.25) is 5.88 Å². The van der Waals surface area contributed by atoms with E-state index in [-0.39, 0.29) is 17.7 Å². The standard InChI is InChI=1S/C14H18N4O3.C4H8O/c1-4-8(2)13(10-7-16-21-9(10)3)20-12-6-5-11(14(15)19)17-18-12;1-2-4-5-3-1/h5-8,13H,4H2,1-3H3,(H2,15,19);1-4H2. The van der Waals surface area contributed by atoms with Crippen molar-refractivity contribution in [3.8, 4) is 5.88 Å². The van der Waals surface area contributed by atoms with Crippen LogP contribution < -0.4 is 10.5 Å². The third-order valence-electron chi connectivity index (χ3n) is 4.22. The number of primary amides is 1. The van der Waals surface area contributed by atoms with Crippen LogP contribution in [0.3, 0.4) is 0 Å². The molecule has 2 N–H and O–H groups in total. The second-order valence-electron chi connectivity index (χ2n) is 6.20. The lowest BCUT2D eigenvalue weighted by molar-refractivity contribution is 0.0993. The first-order chi connectivity index (χ1) is 12.5. The van der Waals surface area contributed by atoms with Gasteiger partial charge in [-0.25, -0.2) is 0 Å². The number of nitrogens with two attached hydrogens (primary N) is 1. The van der Waals surface area contributed by atoms with E-state index in [1.807, 2.05) is 6.92 Å². The van der Waals surface area contributed by atoms with Gasteiger partial charge in [0.15, 0.2) is 5.69 Å². The van der Waals surface area contributed by atoms with Gasteiger partial charge in [-0.05, 0) is 38.2 Å². The Kier molecular flexibility index (Phi) is 7.53. The molecule has 0 aromatic carbocycles. The van der Waals surface area contributed by atoms with E-state index in [2.05, 4.69) is 29.2 Å². The van der Waals surface area contributed by atoms with Crippen LogP contribution in [0, 0.1) is 12.8 Å². The summed E-state index contributed by atoms with van der Waals surface area (Å²) in [6, 6.07) is 3.06. The summed E-state index contributed by atoms with van der Waals surface area (Å²) in [7, 11) is 0. The van der Waals surface area contributed by atoms with Crippen molar-refractivity contribution in [1.29, 1.82) is 0 Å². The smallest absolute Gasteiger partial charge is 0.269 e. The van der Waals surface area contributed by atoms with Gasteiger partial charge < -0.3 is 19.7 Å². The quantitative estimate of drug-likeness (QED) is 0.840. The molecule has 142 valence electrons. The Morgan fingerprint density at radius 3 is 2.46 bits per heavy atom. The van der Waals surface area contributed by atoms with Gasteiger partial charge in [0, 0.05) is 19.3 Å². The lowest BCUT2D eigenvalue weighted by Gasteiger charge is -2.22. The fourth-order valence-corrected chi connectivity index (χ4v) is 2.43. The molecule has 0 spiro atoms. The van der Waals surface area contributed by atoms with E-state index in [0.717, 1.165) is 25.2 Å². The zero-order valence-electron chi connectivity index (χ0n) is 15.5. The van der Waals surface area contributed by atoms with E-state index in [9.17, 15) is 4.79 Å². The fourth-order valence-electron chi connectivity index (χ4n) is 2.43. The van der Waals surface area contributed by atoms with Gasteiger partial charge in [-0.2, -0.15) is 0 Å². The minimum atomic E-state index is -0.623. The average molecular weight is 362 g/mol. The van der Waals surface area contributed by atoms with Crippen LogP contribution in [-0.2, 0) is 4.74 Å². The first-order valence-electron chi connectivity index (χ1n) is 8.82. The molecule has 1 aliphatic rings. The third-order valence-corrected chi connectivity index (χ3v) is 4.22. The number of amides is 1. The summed E-state index contributed by atoms with van der Waals surface area (Å²) in [6.07, 6.45) is 4.88. The number of carbonyl (C=O) groups is 1. The Balaban J connectivity index is 0.000000417. The molecule has 1 fully saturated rings. The Morgan fingerprint density at radius 1 is 1.31 bits per heavy atom. The normalized spacial score (nSPS) is 15.7. The summed E-state index contributed by atoms with van der Waals surface area (Å²) >= 11 is 0. The number of ether oxygens (including phenoxy) is 2. The van der Waals surface area contributed by atoms with Crippen LogP contribution in [0.5, 0.6) is 5.88 Å². The highest BCUT2D eigenvalue weighted by atomic mass is 16.5. The number of aromatic nitrogens is 3. The topological polar surface area (TPSA) is 113 Å². The molecule has 26 heavy (non-hydrogen) atoms. The Hall–Kier alpha value is -2.48. The first-order valence-corrected chi connectivity index (χ1v) is 8.82. The van der Waals surface area contributed by atoms with Gasteiger partial charge in [-0.15, -0.1) is 10.2 Å². The van der Waals surface area contributed by atoms with Gasteiger partial charge in [0.25, 0.3) is 5.91 Å². The lowest BCUT2D eigenvalue weighted by atomic mass is 9.96. The molecule has 0 aliphatic carbocycles. The van der Waals surface area contributed by atoms with Gasteiger partial charge >= 0.3 is 0 Å². The SMILES string of the molecule is C1CCOC1.CCC(C)C(Oc1ccc(C(N)=O)nn1)c1cnoc1C. The molecule has 1 saturated heterocycles. The van der Waals surface area contributed by atoms with Crippen molar-refractivity contribution in [3.63, 3.8) is 0 Å². The fraction of sp³-hybridized carbons (Fsp3) is 0.556. The number of nitrogens with zero attached hydrogens (tertiary/aromatic N) is 3. The molecule has 8 heteroatoms. The zero-order chi connectivity index (χ0) is 18.9. The maximum absolute atomic E-state index is 11.0. The molecule has 2 atom stereocenters. The monoisotopic (exact) mass is 362 g/mol. The highest BCUT2D eigenvalue weighted by Gasteiger charge is 2.25. The van der Waals surface area contributed by atoms with E-state index in [1.54, 1.807) is 12.3 Å². The number of carbonyl (C=O) groups excluding carboxylic acids is 1. The van der Waals surface area contributed by atoms with E-state index in [1.165, 1.54) is 18.9 Å². The number of hydrogen-bond acceptors (Lipinski definition) is 7. The molecule has 3 heterocycles. The van der Waals surface area contributed by atoms with Crippen molar-refractivity contribution in [1.82, 2.24) is 15.4 Å². The molecule has 0 radical (unpaired) electrons. The lowest BCUT2D eigenvalue weighted by Crippen LogP contribution is -2.18. The second kappa shape index (κ2) is 9.86. The minimum Gasteiger partial charge on any atom is -0.468 e. The van der Waals surface area contributed by atoms with Gasteiger partial charge in [0.1, 0.15) is 11.9 Å². The van der Waals surface area contributed by atoms with Crippen LogP contribution in [0.25, 0.3) is 0 Å². The van der Waals surface area contributed by atoms with Crippen LogP contribution in [0.1, 0.15) is 61.0 Å². The van der Waals surface area contributed by atoms with Crippen molar-refractivity contribution in [2.24, 2.45) is 11.7 Å². The predicted octanol–water partition coefficient (Wildman–Crippen LogP) is 2.83. The highest BCUT2D eigenvalue weighted by molar-refractivity contribution is 5.90. The summed E-state index contributed by atoms with van der Waals surface area (Å²) in [5.41, 5.74) is 6.11. The predicted molar refractivity (Wildman–Crippen MR) is 94.7 cm³/mol. The van der Waals surface area contributed by atoms with E-state index < -0.39 is 5.91 Å². The zero-order valence-corrected chi connectivity index (χ0v) is 15.5. The molecule has 0 bridgehead atoms. The third kappa shape index (κ3) is 5.52. The van der Waals surface area contributed by atoms with Gasteiger partial charge in [-0.3, -0.25) is 4.79 Å². The van der Waals surface area contributed by atoms with E-state index in [4.69, 9.17) is 19.7 Å². The van der Waals surface area contributed by atoms with Crippen molar-refractivity contribution >= 4 is 5.91 Å². The van der Waals surface area contributed by atoms with Crippen LogP contribution >= 0.6 is 0 Å². The molecule has 1 aliphatic heterocycles. The number of hydrogen-bond donors (Lipinski definition) is 1. The largest absolute Gasteiger partial charge is 0.468 e. The Bertz CT molecular complexity index is 675. The average Bonchev–Trinajstić information content (AvgIpc) is 3.34. The minimum absolute atomic E-state index is 0.101. The summed E-state index contributed by atoms with van der Waals surface area (Å²) in [5.74, 6) is 0.649. The van der Waals surface area contributed by atoms with E-state index >= 15 is 0 Å². The summed E-state index contributed by atoms with van der Waals surface area (Å²) in [6.45, 7) is 7.98. The Labute approximate surface area is 153 Å². The van der Waals surface area contributed by atoms with Crippen LogP contribution in [0.4, 0.5) is 0 Å². The molecule has 0 saturated carbocycles. The molecule has 8 nitrogen and oxygen atoms in total. The van der Waals surface area contributed by atoms with Gasteiger partial charge in [0.05, 0.1) is 11.8 Å². The summed E-state index contributed by atoms with van der Waals surface area (Å²) in [5, 5.41) is 11.4. The van der Waals surface area contributed by atoms with Crippen molar-refractivity contribution < 1.29 is 18.8 Å². The molecule has 1 amide bonds. The second-order valence-corrected chi connectivity index (χ2v) is 6.20. The first kappa shape index (κ1) is 19.8. The molecule has 2 unspecified atom stereocenters. The van der Waals surface area contributed by atoms with E-state index in [0.29, 0.717) is 11.6 Å². The number of aryl methyl sites for hydroxylation is 1. The van der Waals surface area contributed by atoms with Crippen LogP contribution in [-0.4, -0.2) is 34.5 Å². The van der Waals surface area contributed by atoms with Gasteiger partial charge in [-0.1, -0.05) is 19.0 Å². The highest BCUT2D eigenvalue weighted by Crippen LogP contribution is 2.31. The van der Waals surface area contributed by atoms with Crippen LogP contribution in [0.15, 0.2) is 22.9 Å². The summed E-state index contributed by atoms with van der Waals surface area (Å²) < 4.78 is 15.9. The van der Waals surface area contributed by atoms with Crippen molar-refractivity contribution in [3.05, 3.63) is 35.3 Å². The molecule has 2 aromatic heterocycles. The maximum atomic E-state index is 11.0. The maximum Gasteiger partial charge on any atom is 0.269 e.